The molecule has 9 heteroatoms. The van der Waals surface area contributed by atoms with E-state index in [-0.39, 0.29) is 12.4 Å². The first-order valence-corrected chi connectivity index (χ1v) is 9.54. The van der Waals surface area contributed by atoms with Crippen molar-refractivity contribution < 1.29 is 9.13 Å². The van der Waals surface area contributed by atoms with Gasteiger partial charge in [0.1, 0.15) is 11.6 Å². The van der Waals surface area contributed by atoms with E-state index in [1.165, 1.54) is 17.8 Å². The minimum Gasteiger partial charge on any atom is -0.430 e. The van der Waals surface area contributed by atoms with Crippen molar-refractivity contribution in [3.05, 3.63) is 71.8 Å². The highest BCUT2D eigenvalue weighted by Gasteiger charge is 2.12. The number of rotatable bonds is 6. The van der Waals surface area contributed by atoms with E-state index in [1.807, 2.05) is 25.5 Å². The van der Waals surface area contributed by atoms with Crippen molar-refractivity contribution in [2.45, 2.75) is 26.8 Å². The Balaban J connectivity index is 0.00000240. The summed E-state index contributed by atoms with van der Waals surface area (Å²) in [5.74, 6) is 0.717. The zero-order valence-corrected chi connectivity index (χ0v) is 17.5. The van der Waals surface area contributed by atoms with Crippen LogP contribution in [0.3, 0.4) is 0 Å². The fourth-order valence-electron chi connectivity index (χ4n) is 2.89. The molecule has 0 N–H and O–H groups in total. The van der Waals surface area contributed by atoms with Gasteiger partial charge in [-0.25, -0.2) is 9.37 Å². The number of hydrogen-bond donors (Lipinski definition) is 0. The predicted molar refractivity (Wildman–Crippen MR) is 112 cm³/mol. The average molecular weight is 432 g/mol. The second-order valence-electron chi connectivity index (χ2n) is 6.47. The molecule has 0 bridgehead atoms. The molecule has 150 valence electrons. The molecular formula is C20H19ClFN5OS. The number of aromatic nitrogens is 5. The van der Waals surface area contributed by atoms with E-state index in [4.69, 9.17) is 4.74 Å². The van der Waals surface area contributed by atoms with Crippen LogP contribution >= 0.6 is 23.9 Å². The number of pyridine rings is 1. The Morgan fingerprint density at radius 3 is 2.72 bits per heavy atom. The van der Waals surface area contributed by atoms with Gasteiger partial charge >= 0.3 is 0 Å². The van der Waals surface area contributed by atoms with Crippen LogP contribution in [-0.4, -0.2) is 23.9 Å². The molecule has 0 unspecified atom stereocenters. The summed E-state index contributed by atoms with van der Waals surface area (Å²) in [6.45, 7) is 4.95. The highest BCUT2D eigenvalue weighted by Crippen LogP contribution is 2.31. The topological polar surface area (TPSA) is 65.7 Å². The molecule has 0 fully saturated rings. The van der Waals surface area contributed by atoms with E-state index >= 15 is 0 Å². The first-order valence-electron chi connectivity index (χ1n) is 8.77. The Hall–Kier alpha value is -2.84. The maximum absolute atomic E-state index is 13.3. The van der Waals surface area contributed by atoms with Gasteiger partial charge in [0.25, 0.3) is 5.19 Å². The van der Waals surface area contributed by atoms with Crippen molar-refractivity contribution in [1.29, 1.82) is 0 Å². The van der Waals surface area contributed by atoms with Gasteiger partial charge in [-0.15, -0.1) is 12.4 Å². The summed E-state index contributed by atoms with van der Waals surface area (Å²) >= 11 is 1.13. The monoisotopic (exact) mass is 431 g/mol. The molecule has 0 saturated heterocycles. The highest BCUT2D eigenvalue weighted by atomic mass is 35.5. The van der Waals surface area contributed by atoms with Gasteiger partial charge in [-0.05, 0) is 49.1 Å². The summed E-state index contributed by atoms with van der Waals surface area (Å²) in [4.78, 5) is 12.2. The predicted octanol–water partition coefficient (Wildman–Crippen LogP) is 5.01. The van der Waals surface area contributed by atoms with Gasteiger partial charge in [0, 0.05) is 42.2 Å². The lowest BCUT2D eigenvalue weighted by molar-refractivity contribution is 0.474. The van der Waals surface area contributed by atoms with E-state index in [1.54, 1.807) is 6.20 Å². The Morgan fingerprint density at radius 1 is 1.10 bits per heavy atom. The summed E-state index contributed by atoms with van der Waals surface area (Å²) in [6, 6.07) is 5.51. The quantitative estimate of drug-likeness (QED) is 0.429. The molecule has 0 aliphatic heterocycles. The number of halogens is 2. The van der Waals surface area contributed by atoms with Crippen LogP contribution < -0.4 is 4.74 Å². The van der Waals surface area contributed by atoms with Crippen molar-refractivity contribution in [2.24, 2.45) is 0 Å². The Labute approximate surface area is 178 Å². The normalized spacial score (nSPS) is 10.6. The van der Waals surface area contributed by atoms with Crippen LogP contribution in [0.2, 0.25) is 0 Å². The minimum atomic E-state index is -0.424. The van der Waals surface area contributed by atoms with Gasteiger partial charge in [-0.1, -0.05) is 6.07 Å². The third-order valence-corrected chi connectivity index (χ3v) is 4.99. The minimum absolute atomic E-state index is 0. The number of ether oxygens (including phenoxy) is 1. The smallest absolute Gasteiger partial charge is 0.299 e. The zero-order chi connectivity index (χ0) is 19.5. The zero-order valence-electron chi connectivity index (χ0n) is 15.9. The standard InChI is InChI=1S/C20H18FN5OS.ClH/c1-13-8-18(14(2)7-15(13)3-5-26-6-4-22-12-26)27-20-24-19(25-28-20)16-9-17(21)11-23-10-16;/h4,6-12H,3,5H2,1-2H3;1H. The molecule has 3 heterocycles. The van der Waals surface area contributed by atoms with Crippen LogP contribution in [-0.2, 0) is 13.0 Å². The van der Waals surface area contributed by atoms with Crippen LogP contribution in [0.4, 0.5) is 4.39 Å². The fourth-order valence-corrected chi connectivity index (χ4v) is 3.46. The largest absolute Gasteiger partial charge is 0.430 e. The van der Waals surface area contributed by atoms with Crippen molar-refractivity contribution in [1.82, 2.24) is 23.9 Å². The van der Waals surface area contributed by atoms with Gasteiger partial charge in [-0.2, -0.15) is 9.36 Å². The van der Waals surface area contributed by atoms with Crippen molar-refractivity contribution >= 4 is 23.9 Å². The Morgan fingerprint density at radius 2 is 1.97 bits per heavy atom. The maximum Gasteiger partial charge on any atom is 0.299 e. The van der Waals surface area contributed by atoms with Crippen LogP contribution in [0.25, 0.3) is 11.4 Å². The van der Waals surface area contributed by atoms with Gasteiger partial charge in [0.15, 0.2) is 5.82 Å². The summed E-state index contributed by atoms with van der Waals surface area (Å²) in [7, 11) is 0. The van der Waals surface area contributed by atoms with E-state index in [2.05, 4.69) is 36.9 Å². The molecule has 0 atom stereocenters. The number of imidazole rings is 1. The van der Waals surface area contributed by atoms with Crippen LogP contribution in [0.5, 0.6) is 10.9 Å². The molecule has 3 aromatic heterocycles. The highest BCUT2D eigenvalue weighted by molar-refractivity contribution is 7.07. The van der Waals surface area contributed by atoms with E-state index < -0.39 is 5.82 Å². The van der Waals surface area contributed by atoms with Crippen LogP contribution in [0, 0.1) is 19.7 Å². The molecule has 4 rings (SSSR count). The molecular weight excluding hydrogens is 413 g/mol. The van der Waals surface area contributed by atoms with Gasteiger partial charge in [0.2, 0.25) is 0 Å². The Kier molecular flexibility index (Phi) is 6.56. The summed E-state index contributed by atoms with van der Waals surface area (Å²) in [5.41, 5.74) is 3.96. The molecule has 0 aliphatic carbocycles. The maximum atomic E-state index is 13.3. The summed E-state index contributed by atoms with van der Waals surface area (Å²) in [6.07, 6.45) is 9.15. The third kappa shape index (κ3) is 4.96. The molecule has 0 amide bonds. The number of benzene rings is 1. The van der Waals surface area contributed by atoms with Crippen LogP contribution in [0.15, 0.2) is 49.3 Å². The molecule has 0 aliphatic rings. The third-order valence-electron chi connectivity index (χ3n) is 4.40. The average Bonchev–Trinajstić information content (AvgIpc) is 3.35. The van der Waals surface area contributed by atoms with Gasteiger partial charge in [-0.3, -0.25) is 4.98 Å². The first-order chi connectivity index (χ1) is 13.6. The molecule has 1 aromatic carbocycles. The second-order valence-corrected chi connectivity index (χ2v) is 7.19. The fraction of sp³-hybridized carbons (Fsp3) is 0.200. The van der Waals surface area contributed by atoms with E-state index in [0.717, 1.165) is 47.6 Å². The molecule has 4 aromatic rings. The molecule has 0 spiro atoms. The number of aryl methyl sites for hydroxylation is 4. The van der Waals surface area contributed by atoms with Crippen molar-refractivity contribution in [3.63, 3.8) is 0 Å². The second kappa shape index (κ2) is 9.11. The van der Waals surface area contributed by atoms with E-state index in [9.17, 15) is 4.39 Å². The lowest BCUT2D eigenvalue weighted by Crippen LogP contribution is -2.01. The molecule has 29 heavy (non-hydrogen) atoms. The lowest BCUT2D eigenvalue weighted by atomic mass is 10.0. The van der Waals surface area contributed by atoms with Crippen LogP contribution in [0.1, 0.15) is 16.7 Å². The van der Waals surface area contributed by atoms with E-state index in [0.29, 0.717) is 16.6 Å². The van der Waals surface area contributed by atoms with Gasteiger partial charge in [0.05, 0.1) is 12.5 Å². The lowest BCUT2D eigenvalue weighted by Gasteiger charge is -2.12. The Bertz CT molecular complexity index is 1100. The molecule has 0 saturated carbocycles. The van der Waals surface area contributed by atoms with Crippen molar-refractivity contribution in [3.8, 4) is 22.3 Å². The SMILES string of the molecule is Cc1cc(Oc2nc(-c3cncc(F)c3)ns2)c(C)cc1CCn1ccnc1.Cl. The summed E-state index contributed by atoms with van der Waals surface area (Å²) < 4.78 is 25.6. The number of nitrogens with zero attached hydrogens (tertiary/aromatic N) is 5. The number of hydrogen-bond acceptors (Lipinski definition) is 6. The summed E-state index contributed by atoms with van der Waals surface area (Å²) in [5, 5.41) is 0.410. The molecule has 6 nitrogen and oxygen atoms in total. The van der Waals surface area contributed by atoms with Crippen molar-refractivity contribution in [2.75, 3.05) is 0 Å². The van der Waals surface area contributed by atoms with Gasteiger partial charge < -0.3 is 9.30 Å². The first kappa shape index (κ1) is 20.9. The molecule has 0 radical (unpaired) electrons.